The Balaban J connectivity index is 1.42. The topological polar surface area (TPSA) is 84.4 Å². The van der Waals surface area contributed by atoms with Gasteiger partial charge in [0.05, 0.1) is 6.61 Å². The van der Waals surface area contributed by atoms with Crippen molar-refractivity contribution in [3.63, 3.8) is 0 Å². The van der Waals surface area contributed by atoms with Gasteiger partial charge in [-0.2, -0.15) is 0 Å². The first-order chi connectivity index (χ1) is 14.9. The predicted molar refractivity (Wildman–Crippen MR) is 121 cm³/mol. The summed E-state index contributed by atoms with van der Waals surface area (Å²) in [5.41, 5.74) is 2.24. The molecular formula is C22H21ClN4O3S. The zero-order valence-corrected chi connectivity index (χ0v) is 18.7. The zero-order valence-electron chi connectivity index (χ0n) is 17.1. The summed E-state index contributed by atoms with van der Waals surface area (Å²) in [7, 11) is 0. The molecule has 1 aromatic heterocycles. The predicted octanol–water partition coefficient (Wildman–Crippen LogP) is 4.67. The van der Waals surface area contributed by atoms with Crippen LogP contribution in [0, 0.1) is 6.92 Å². The number of anilines is 2. The van der Waals surface area contributed by atoms with E-state index in [1.54, 1.807) is 35.2 Å². The van der Waals surface area contributed by atoms with Crippen molar-refractivity contribution >= 4 is 45.6 Å². The van der Waals surface area contributed by atoms with Crippen molar-refractivity contribution in [1.29, 1.82) is 0 Å². The molecule has 0 aliphatic carbocycles. The molecule has 1 unspecified atom stereocenters. The number of hydrogen-bond acceptors (Lipinski definition) is 6. The Bertz CT molecular complexity index is 1120. The minimum absolute atomic E-state index is 0.0140. The molecule has 0 bridgehead atoms. The molecule has 0 radical (unpaired) electrons. The minimum Gasteiger partial charge on any atom is -0.494 e. The summed E-state index contributed by atoms with van der Waals surface area (Å²) in [5.74, 6) is 0.369. The van der Waals surface area contributed by atoms with E-state index in [1.807, 2.05) is 26.0 Å². The highest BCUT2D eigenvalue weighted by molar-refractivity contribution is 7.15. The number of carbonyl (C=O) groups excluding carboxylic acids is 2. The highest BCUT2D eigenvalue weighted by Crippen LogP contribution is 2.35. The van der Waals surface area contributed by atoms with Crippen LogP contribution in [0.15, 0.2) is 42.5 Å². The Kier molecular flexibility index (Phi) is 6.20. The van der Waals surface area contributed by atoms with Gasteiger partial charge in [-0.3, -0.25) is 14.9 Å². The Hall–Kier alpha value is -2.97. The van der Waals surface area contributed by atoms with Gasteiger partial charge in [0.2, 0.25) is 11.0 Å². The number of nitrogens with zero attached hydrogens (tertiary/aromatic N) is 3. The molecule has 0 spiro atoms. The van der Waals surface area contributed by atoms with Gasteiger partial charge >= 0.3 is 0 Å². The average molecular weight is 457 g/mol. The molecule has 1 aliphatic rings. The summed E-state index contributed by atoms with van der Waals surface area (Å²) in [5, 5.41) is 12.8. The maximum Gasteiger partial charge on any atom is 0.257 e. The van der Waals surface area contributed by atoms with Crippen molar-refractivity contribution in [2.24, 2.45) is 0 Å². The van der Waals surface area contributed by atoms with Crippen LogP contribution in [0.5, 0.6) is 5.75 Å². The number of carbonyl (C=O) groups is 2. The number of nitrogens with one attached hydrogen (secondary N) is 1. The maximum atomic E-state index is 12.6. The van der Waals surface area contributed by atoms with E-state index < -0.39 is 0 Å². The Morgan fingerprint density at radius 1 is 1.26 bits per heavy atom. The zero-order chi connectivity index (χ0) is 22.0. The van der Waals surface area contributed by atoms with Crippen molar-refractivity contribution in [3.05, 3.63) is 63.6 Å². The molecule has 31 heavy (non-hydrogen) atoms. The van der Waals surface area contributed by atoms with Gasteiger partial charge in [0, 0.05) is 35.2 Å². The second kappa shape index (κ2) is 9.03. The number of halogens is 1. The first-order valence-electron chi connectivity index (χ1n) is 9.88. The molecule has 9 heteroatoms. The van der Waals surface area contributed by atoms with E-state index in [1.165, 1.54) is 11.3 Å². The van der Waals surface area contributed by atoms with E-state index in [0.29, 0.717) is 41.0 Å². The van der Waals surface area contributed by atoms with E-state index in [0.717, 1.165) is 16.3 Å². The normalized spacial score (nSPS) is 15.9. The largest absolute Gasteiger partial charge is 0.494 e. The number of amides is 2. The van der Waals surface area contributed by atoms with Crippen molar-refractivity contribution < 1.29 is 14.3 Å². The average Bonchev–Trinajstić information content (AvgIpc) is 3.37. The molecule has 1 N–H and O–H groups in total. The fourth-order valence-corrected chi connectivity index (χ4v) is 4.37. The molecule has 2 aromatic carbocycles. The van der Waals surface area contributed by atoms with E-state index in [4.69, 9.17) is 16.3 Å². The van der Waals surface area contributed by atoms with Gasteiger partial charge in [0.1, 0.15) is 10.8 Å². The van der Waals surface area contributed by atoms with Gasteiger partial charge in [-0.05, 0) is 55.8 Å². The van der Waals surface area contributed by atoms with E-state index in [-0.39, 0.29) is 17.7 Å². The molecule has 0 saturated carbocycles. The summed E-state index contributed by atoms with van der Waals surface area (Å²) >= 11 is 7.50. The van der Waals surface area contributed by atoms with E-state index in [2.05, 4.69) is 15.5 Å². The molecule has 2 heterocycles. The standard InChI is InChI=1S/C22H21ClN4O3S/c1-3-30-17-8-5-14(6-9-17)20(29)24-22-26-25-21(31-22)15-10-19(28)27(12-15)16-7-4-13(2)18(23)11-16/h4-9,11,15H,3,10,12H2,1-2H3,(H,24,26,29). The Morgan fingerprint density at radius 2 is 2.03 bits per heavy atom. The molecule has 7 nitrogen and oxygen atoms in total. The van der Waals surface area contributed by atoms with Gasteiger partial charge in [-0.25, -0.2) is 0 Å². The number of aromatic nitrogens is 2. The van der Waals surface area contributed by atoms with Crippen LogP contribution >= 0.6 is 22.9 Å². The molecule has 1 saturated heterocycles. The lowest BCUT2D eigenvalue weighted by molar-refractivity contribution is -0.117. The second-order valence-electron chi connectivity index (χ2n) is 7.20. The SMILES string of the molecule is CCOc1ccc(C(=O)Nc2nnc(C3CC(=O)N(c4ccc(C)c(Cl)c4)C3)s2)cc1. The van der Waals surface area contributed by atoms with Crippen LogP contribution in [0.25, 0.3) is 0 Å². The summed E-state index contributed by atoms with van der Waals surface area (Å²) in [6.45, 7) is 4.89. The lowest BCUT2D eigenvalue weighted by atomic mass is 10.1. The quantitative estimate of drug-likeness (QED) is 0.582. The lowest BCUT2D eigenvalue weighted by Crippen LogP contribution is -2.24. The third kappa shape index (κ3) is 4.70. The van der Waals surface area contributed by atoms with Gasteiger partial charge in [0.25, 0.3) is 5.91 Å². The van der Waals surface area contributed by atoms with Crippen molar-refractivity contribution in [2.45, 2.75) is 26.2 Å². The second-order valence-corrected chi connectivity index (χ2v) is 8.61. The number of aryl methyl sites for hydroxylation is 1. The molecule has 1 atom stereocenters. The van der Waals surface area contributed by atoms with Crippen LogP contribution in [0.4, 0.5) is 10.8 Å². The Morgan fingerprint density at radius 3 is 2.74 bits per heavy atom. The van der Waals surface area contributed by atoms with Crippen molar-refractivity contribution in [2.75, 3.05) is 23.4 Å². The monoisotopic (exact) mass is 456 g/mol. The summed E-state index contributed by atoms with van der Waals surface area (Å²) < 4.78 is 5.39. The van der Waals surface area contributed by atoms with Crippen LogP contribution in [0.3, 0.4) is 0 Å². The summed E-state index contributed by atoms with van der Waals surface area (Å²) in [6.07, 6.45) is 0.340. The summed E-state index contributed by atoms with van der Waals surface area (Å²) in [6, 6.07) is 12.5. The first kappa shape index (κ1) is 21.3. The van der Waals surface area contributed by atoms with Crippen LogP contribution in [0.1, 0.15) is 40.2 Å². The van der Waals surface area contributed by atoms with Crippen molar-refractivity contribution in [3.8, 4) is 5.75 Å². The Labute approximate surface area is 189 Å². The van der Waals surface area contributed by atoms with Gasteiger partial charge in [0.15, 0.2) is 0 Å². The molecule has 4 rings (SSSR count). The van der Waals surface area contributed by atoms with E-state index in [9.17, 15) is 9.59 Å². The van der Waals surface area contributed by atoms with Gasteiger partial charge in [-0.1, -0.05) is 29.0 Å². The minimum atomic E-state index is -0.274. The number of hydrogen-bond donors (Lipinski definition) is 1. The molecule has 1 fully saturated rings. The number of ether oxygens (including phenoxy) is 1. The summed E-state index contributed by atoms with van der Waals surface area (Å²) in [4.78, 5) is 26.7. The van der Waals surface area contributed by atoms with Crippen LogP contribution in [-0.4, -0.2) is 35.2 Å². The molecule has 160 valence electrons. The molecule has 2 amide bonds. The lowest BCUT2D eigenvalue weighted by Gasteiger charge is -2.17. The maximum absolute atomic E-state index is 12.6. The van der Waals surface area contributed by atoms with Crippen LogP contribution in [-0.2, 0) is 4.79 Å². The molecular weight excluding hydrogens is 436 g/mol. The fraction of sp³-hybridized carbons (Fsp3) is 0.273. The highest BCUT2D eigenvalue weighted by atomic mass is 35.5. The third-order valence-electron chi connectivity index (χ3n) is 5.03. The molecule has 3 aromatic rings. The fourth-order valence-electron chi connectivity index (χ4n) is 3.36. The number of benzene rings is 2. The van der Waals surface area contributed by atoms with Crippen LogP contribution in [0.2, 0.25) is 5.02 Å². The third-order valence-corrected chi connectivity index (χ3v) is 6.44. The smallest absolute Gasteiger partial charge is 0.257 e. The van der Waals surface area contributed by atoms with Gasteiger partial charge < -0.3 is 9.64 Å². The van der Waals surface area contributed by atoms with Crippen molar-refractivity contribution in [1.82, 2.24) is 10.2 Å². The van der Waals surface area contributed by atoms with Crippen LogP contribution < -0.4 is 15.0 Å². The van der Waals surface area contributed by atoms with Gasteiger partial charge in [-0.15, -0.1) is 10.2 Å². The first-order valence-corrected chi connectivity index (χ1v) is 11.1. The number of rotatable bonds is 6. The highest BCUT2D eigenvalue weighted by Gasteiger charge is 2.34. The molecule has 1 aliphatic heterocycles. The van der Waals surface area contributed by atoms with E-state index >= 15 is 0 Å².